The van der Waals surface area contributed by atoms with E-state index in [0.29, 0.717) is 0 Å². The zero-order valence-corrected chi connectivity index (χ0v) is 9.77. The van der Waals surface area contributed by atoms with Crippen LogP contribution in [-0.4, -0.2) is 6.29 Å². The minimum Gasteiger partial charge on any atom is -0.303 e. The molecule has 2 unspecified atom stereocenters. The van der Waals surface area contributed by atoms with E-state index in [4.69, 9.17) is 0 Å². The lowest BCUT2D eigenvalue weighted by Gasteiger charge is -2.29. The van der Waals surface area contributed by atoms with E-state index in [-0.39, 0.29) is 0 Å². The molecule has 1 nitrogen and oxygen atoms in total. The normalized spacial score (nSPS) is 25.2. The van der Waals surface area contributed by atoms with Crippen molar-refractivity contribution in [2.75, 3.05) is 0 Å². The second-order valence-electron chi connectivity index (χ2n) is 4.88. The molecule has 0 N–H and O–H groups in total. The molecule has 1 fully saturated rings. The van der Waals surface area contributed by atoms with Gasteiger partial charge in [-0.25, -0.2) is 0 Å². The number of hydrogen-bond acceptors (Lipinski definition) is 1. The van der Waals surface area contributed by atoms with E-state index in [1.807, 2.05) is 0 Å². The zero-order chi connectivity index (χ0) is 11.2. The van der Waals surface area contributed by atoms with E-state index in [1.165, 1.54) is 31.2 Å². The van der Waals surface area contributed by atoms with Crippen LogP contribution in [0, 0.1) is 5.92 Å². The van der Waals surface area contributed by atoms with Crippen LogP contribution in [0.25, 0.3) is 0 Å². The van der Waals surface area contributed by atoms with Crippen LogP contribution < -0.4 is 0 Å². The molecule has 0 aliphatic heterocycles. The van der Waals surface area contributed by atoms with Crippen molar-refractivity contribution < 1.29 is 4.79 Å². The van der Waals surface area contributed by atoms with Crippen molar-refractivity contribution in [1.29, 1.82) is 0 Å². The van der Waals surface area contributed by atoms with E-state index in [9.17, 15) is 4.79 Å². The van der Waals surface area contributed by atoms with Gasteiger partial charge in [-0.3, -0.25) is 0 Å². The Balaban J connectivity index is 1.94. The van der Waals surface area contributed by atoms with Crippen LogP contribution in [0.2, 0.25) is 0 Å². The molecule has 2 rings (SSSR count). The van der Waals surface area contributed by atoms with Crippen LogP contribution in [0.4, 0.5) is 0 Å². The highest BCUT2D eigenvalue weighted by Crippen LogP contribution is 2.37. The molecule has 0 aromatic heterocycles. The third-order valence-corrected chi connectivity index (χ3v) is 3.75. The Kier molecular flexibility index (Phi) is 4.15. The van der Waals surface area contributed by atoms with E-state index >= 15 is 0 Å². The minimum absolute atomic E-state index is 0.728. The number of carbonyl (C=O) groups excluding carboxylic acids is 1. The lowest BCUT2D eigenvalue weighted by atomic mass is 9.76. The lowest BCUT2D eigenvalue weighted by Crippen LogP contribution is -2.14. The summed E-state index contributed by atoms with van der Waals surface area (Å²) < 4.78 is 0. The van der Waals surface area contributed by atoms with Crippen molar-refractivity contribution in [2.24, 2.45) is 5.92 Å². The molecule has 0 amide bonds. The molecule has 16 heavy (non-hydrogen) atoms. The Morgan fingerprint density at radius 1 is 1.19 bits per heavy atom. The van der Waals surface area contributed by atoms with Crippen LogP contribution >= 0.6 is 0 Å². The number of aldehydes is 1. The highest BCUT2D eigenvalue weighted by Gasteiger charge is 2.22. The van der Waals surface area contributed by atoms with Gasteiger partial charge >= 0.3 is 0 Å². The Bertz CT molecular complexity index is 317. The van der Waals surface area contributed by atoms with Gasteiger partial charge in [0.2, 0.25) is 0 Å². The van der Waals surface area contributed by atoms with E-state index in [1.54, 1.807) is 0 Å². The predicted octanol–water partition coefficient (Wildman–Crippen LogP) is 3.94. The fourth-order valence-electron chi connectivity index (χ4n) is 2.88. The fourth-order valence-corrected chi connectivity index (χ4v) is 2.88. The molecule has 2 atom stereocenters. The molecule has 86 valence electrons. The second-order valence-corrected chi connectivity index (χ2v) is 4.88. The van der Waals surface area contributed by atoms with Gasteiger partial charge in [0.15, 0.2) is 0 Å². The quantitative estimate of drug-likeness (QED) is 0.697. The fraction of sp³-hybridized carbons (Fsp3) is 0.533. The highest BCUT2D eigenvalue weighted by molar-refractivity contribution is 5.49. The maximum Gasteiger partial charge on any atom is 0.120 e. The molecule has 0 bridgehead atoms. The van der Waals surface area contributed by atoms with Gasteiger partial charge in [-0.15, -0.1) is 0 Å². The van der Waals surface area contributed by atoms with Crippen molar-refractivity contribution in [3.05, 3.63) is 35.9 Å². The van der Waals surface area contributed by atoms with Gasteiger partial charge in [0.05, 0.1) is 0 Å². The van der Waals surface area contributed by atoms with Crippen molar-refractivity contribution >= 4 is 6.29 Å². The largest absolute Gasteiger partial charge is 0.303 e. The molecule has 0 spiro atoms. The van der Waals surface area contributed by atoms with Gasteiger partial charge in [-0.1, -0.05) is 43.2 Å². The summed E-state index contributed by atoms with van der Waals surface area (Å²) in [6, 6.07) is 10.8. The van der Waals surface area contributed by atoms with E-state index in [2.05, 4.69) is 30.3 Å². The molecular formula is C15H20O. The van der Waals surface area contributed by atoms with Crippen LogP contribution in [0.1, 0.15) is 50.0 Å². The standard InChI is InChI=1S/C15H20O/c16-11-5-7-13-6-4-10-15(12-13)14-8-2-1-3-9-14/h1-3,8-9,11,13,15H,4-7,10,12H2. The first-order valence-corrected chi connectivity index (χ1v) is 6.38. The first-order chi connectivity index (χ1) is 7.90. The summed E-state index contributed by atoms with van der Waals surface area (Å²) in [6.45, 7) is 0. The van der Waals surface area contributed by atoms with Crippen molar-refractivity contribution in [2.45, 2.75) is 44.4 Å². The first-order valence-electron chi connectivity index (χ1n) is 6.38. The number of carbonyl (C=O) groups is 1. The van der Waals surface area contributed by atoms with Crippen LogP contribution in [0.15, 0.2) is 30.3 Å². The summed E-state index contributed by atoms with van der Waals surface area (Å²) >= 11 is 0. The molecule has 1 aliphatic carbocycles. The molecule has 1 saturated carbocycles. The average Bonchev–Trinajstić information content (AvgIpc) is 2.38. The summed E-state index contributed by atoms with van der Waals surface area (Å²) in [4.78, 5) is 10.4. The minimum atomic E-state index is 0.728. The molecule has 1 aliphatic rings. The maximum absolute atomic E-state index is 10.4. The van der Waals surface area contributed by atoms with Crippen LogP contribution in [0.5, 0.6) is 0 Å². The molecule has 0 saturated heterocycles. The SMILES string of the molecule is O=CCCC1CCCC(c2ccccc2)C1. The van der Waals surface area contributed by atoms with Crippen LogP contribution in [-0.2, 0) is 4.79 Å². The summed E-state index contributed by atoms with van der Waals surface area (Å²) in [6.07, 6.45) is 8.13. The van der Waals surface area contributed by atoms with Gasteiger partial charge < -0.3 is 4.79 Å². The summed E-state index contributed by atoms with van der Waals surface area (Å²) in [5, 5.41) is 0. The van der Waals surface area contributed by atoms with Crippen LogP contribution in [0.3, 0.4) is 0 Å². The van der Waals surface area contributed by atoms with Gasteiger partial charge in [-0.2, -0.15) is 0 Å². The third-order valence-electron chi connectivity index (χ3n) is 3.75. The third kappa shape index (κ3) is 2.94. The summed E-state index contributed by atoms with van der Waals surface area (Å²) in [5.41, 5.74) is 1.48. The Morgan fingerprint density at radius 3 is 2.75 bits per heavy atom. The van der Waals surface area contributed by atoms with Crippen molar-refractivity contribution in [3.63, 3.8) is 0 Å². The van der Waals surface area contributed by atoms with E-state index in [0.717, 1.165) is 31.0 Å². The number of benzene rings is 1. The molecule has 1 heteroatoms. The van der Waals surface area contributed by atoms with E-state index < -0.39 is 0 Å². The Morgan fingerprint density at radius 2 is 2.00 bits per heavy atom. The maximum atomic E-state index is 10.4. The predicted molar refractivity (Wildman–Crippen MR) is 66.4 cm³/mol. The molecular weight excluding hydrogens is 196 g/mol. The molecule has 1 aromatic carbocycles. The second kappa shape index (κ2) is 5.83. The van der Waals surface area contributed by atoms with Gasteiger partial charge in [-0.05, 0) is 36.7 Å². The number of rotatable bonds is 4. The van der Waals surface area contributed by atoms with Crippen molar-refractivity contribution in [3.8, 4) is 0 Å². The van der Waals surface area contributed by atoms with Gasteiger partial charge in [0.1, 0.15) is 6.29 Å². The monoisotopic (exact) mass is 216 g/mol. The van der Waals surface area contributed by atoms with Gasteiger partial charge in [0, 0.05) is 6.42 Å². The molecule has 0 heterocycles. The average molecular weight is 216 g/mol. The smallest absolute Gasteiger partial charge is 0.120 e. The topological polar surface area (TPSA) is 17.1 Å². The highest BCUT2D eigenvalue weighted by atomic mass is 16.1. The molecule has 1 aromatic rings. The van der Waals surface area contributed by atoms with Gasteiger partial charge in [0.25, 0.3) is 0 Å². The summed E-state index contributed by atoms with van der Waals surface area (Å²) in [7, 11) is 0. The molecule has 0 radical (unpaired) electrons. The number of hydrogen-bond donors (Lipinski definition) is 0. The summed E-state index contributed by atoms with van der Waals surface area (Å²) in [5.74, 6) is 1.50. The Hall–Kier alpha value is -1.11. The Labute approximate surface area is 97.9 Å². The first kappa shape index (κ1) is 11.4. The van der Waals surface area contributed by atoms with Crippen molar-refractivity contribution in [1.82, 2.24) is 0 Å². The lowest BCUT2D eigenvalue weighted by molar-refractivity contribution is -0.108. The zero-order valence-electron chi connectivity index (χ0n) is 9.77.